The van der Waals surface area contributed by atoms with Gasteiger partial charge in [0.2, 0.25) is 0 Å². The highest BCUT2D eigenvalue weighted by molar-refractivity contribution is 5.54. The molecule has 0 saturated carbocycles. The van der Waals surface area contributed by atoms with Crippen molar-refractivity contribution in [2.75, 3.05) is 20.1 Å². The molecule has 4 nitrogen and oxygen atoms in total. The minimum absolute atomic E-state index is 0.713. The van der Waals surface area contributed by atoms with Gasteiger partial charge in [0, 0.05) is 5.56 Å². The number of aromatic amines is 1. The number of likely N-dealkylation sites (tertiary alicyclic amines) is 1. The topological polar surface area (TPSA) is 44.8 Å². The number of aromatic nitrogens is 3. The van der Waals surface area contributed by atoms with Crippen LogP contribution in [0.5, 0.6) is 0 Å². The smallest absolute Gasteiger partial charge is 0.155 e. The summed E-state index contributed by atoms with van der Waals surface area (Å²) in [5.41, 5.74) is 2.55. The van der Waals surface area contributed by atoms with Crippen LogP contribution in [-0.4, -0.2) is 40.2 Å². The Hall–Kier alpha value is -1.68. The highest BCUT2D eigenvalue weighted by atomic mass is 15.2. The van der Waals surface area contributed by atoms with Crippen molar-refractivity contribution in [3.05, 3.63) is 36.2 Å². The number of hydrogen-bond acceptors (Lipinski definition) is 3. The lowest BCUT2D eigenvalue weighted by Gasteiger charge is -2.29. The van der Waals surface area contributed by atoms with Gasteiger partial charge in [-0.2, -0.15) is 5.10 Å². The Balaban J connectivity index is 1.75. The maximum atomic E-state index is 4.17. The largest absolute Gasteiger partial charge is 0.306 e. The van der Waals surface area contributed by atoms with Gasteiger partial charge in [0.25, 0.3) is 0 Å². The third-order valence-corrected chi connectivity index (χ3v) is 3.79. The Morgan fingerprint density at radius 1 is 1.17 bits per heavy atom. The first kappa shape index (κ1) is 11.4. The van der Waals surface area contributed by atoms with Gasteiger partial charge in [-0.05, 0) is 44.5 Å². The van der Waals surface area contributed by atoms with Crippen molar-refractivity contribution in [1.29, 1.82) is 0 Å². The predicted molar refractivity (Wildman–Crippen MR) is 71.3 cm³/mol. The average Bonchev–Trinajstić information content (AvgIpc) is 2.94. The van der Waals surface area contributed by atoms with Crippen LogP contribution in [0.2, 0.25) is 0 Å². The first-order valence-electron chi connectivity index (χ1n) is 6.47. The molecular formula is C14H18N4. The summed E-state index contributed by atoms with van der Waals surface area (Å²) in [6.45, 7) is 2.41. The maximum absolute atomic E-state index is 4.17. The van der Waals surface area contributed by atoms with Crippen LogP contribution < -0.4 is 0 Å². The van der Waals surface area contributed by atoms with Crippen molar-refractivity contribution in [3.8, 4) is 11.4 Å². The summed E-state index contributed by atoms with van der Waals surface area (Å²) in [7, 11) is 2.20. The van der Waals surface area contributed by atoms with E-state index in [9.17, 15) is 0 Å². The number of H-pyrrole nitrogens is 1. The summed E-state index contributed by atoms with van der Waals surface area (Å²) in [5.74, 6) is 1.55. The van der Waals surface area contributed by atoms with Gasteiger partial charge >= 0.3 is 0 Å². The molecule has 4 heteroatoms. The molecule has 3 rings (SSSR count). The second kappa shape index (κ2) is 4.90. The molecular weight excluding hydrogens is 224 g/mol. The van der Waals surface area contributed by atoms with Crippen molar-refractivity contribution in [1.82, 2.24) is 20.1 Å². The lowest BCUT2D eigenvalue weighted by atomic mass is 9.89. The summed E-state index contributed by atoms with van der Waals surface area (Å²) >= 11 is 0. The number of piperidine rings is 1. The van der Waals surface area contributed by atoms with E-state index in [1.165, 1.54) is 31.5 Å². The van der Waals surface area contributed by atoms with Crippen LogP contribution in [0.4, 0.5) is 0 Å². The van der Waals surface area contributed by atoms with Gasteiger partial charge in [0.05, 0.1) is 0 Å². The standard InChI is InChI=1S/C14H18N4/c1-18-8-6-12(7-9-18)11-2-4-13(5-3-11)14-15-10-16-17-14/h2-5,10,12H,6-9H2,1H3,(H,15,16,17). The number of nitrogens with one attached hydrogen (secondary N) is 1. The fourth-order valence-corrected chi connectivity index (χ4v) is 2.60. The van der Waals surface area contributed by atoms with E-state index in [0.717, 1.165) is 11.4 Å². The van der Waals surface area contributed by atoms with Crippen LogP contribution in [0.15, 0.2) is 30.6 Å². The Labute approximate surface area is 107 Å². The Morgan fingerprint density at radius 3 is 2.50 bits per heavy atom. The van der Waals surface area contributed by atoms with E-state index in [4.69, 9.17) is 0 Å². The van der Waals surface area contributed by atoms with Crippen molar-refractivity contribution < 1.29 is 0 Å². The molecule has 2 heterocycles. The summed E-state index contributed by atoms with van der Waals surface area (Å²) in [6, 6.07) is 8.73. The quantitative estimate of drug-likeness (QED) is 0.878. The first-order valence-corrected chi connectivity index (χ1v) is 6.47. The Bertz CT molecular complexity index is 481. The van der Waals surface area contributed by atoms with Crippen LogP contribution in [0.25, 0.3) is 11.4 Å². The molecule has 1 aromatic heterocycles. The average molecular weight is 242 g/mol. The van der Waals surface area contributed by atoms with Crippen molar-refractivity contribution in [2.24, 2.45) is 0 Å². The number of benzene rings is 1. The van der Waals surface area contributed by atoms with E-state index >= 15 is 0 Å². The van der Waals surface area contributed by atoms with Gasteiger partial charge in [-0.25, -0.2) is 4.98 Å². The zero-order valence-electron chi connectivity index (χ0n) is 10.6. The molecule has 1 aliphatic rings. The van der Waals surface area contributed by atoms with E-state index in [1.807, 2.05) is 0 Å². The van der Waals surface area contributed by atoms with Gasteiger partial charge in [0.15, 0.2) is 5.82 Å². The van der Waals surface area contributed by atoms with E-state index in [0.29, 0.717) is 5.92 Å². The minimum atomic E-state index is 0.713. The van der Waals surface area contributed by atoms with Gasteiger partial charge in [0.1, 0.15) is 6.33 Å². The van der Waals surface area contributed by atoms with Gasteiger partial charge in [-0.15, -0.1) is 0 Å². The fraction of sp³-hybridized carbons (Fsp3) is 0.429. The van der Waals surface area contributed by atoms with Crippen molar-refractivity contribution >= 4 is 0 Å². The number of rotatable bonds is 2. The fourth-order valence-electron chi connectivity index (χ4n) is 2.60. The maximum Gasteiger partial charge on any atom is 0.155 e. The molecule has 0 aliphatic carbocycles. The molecule has 0 spiro atoms. The SMILES string of the molecule is CN1CCC(c2ccc(-c3ncn[nH]3)cc2)CC1. The Kier molecular flexibility index (Phi) is 3.11. The predicted octanol–water partition coefficient (Wildman–Crippen LogP) is 2.28. The zero-order valence-corrected chi connectivity index (χ0v) is 10.6. The molecule has 0 bridgehead atoms. The zero-order chi connectivity index (χ0) is 12.4. The Morgan fingerprint density at radius 2 is 1.89 bits per heavy atom. The molecule has 0 radical (unpaired) electrons. The summed E-state index contributed by atoms with van der Waals surface area (Å²) in [6.07, 6.45) is 4.07. The van der Waals surface area contributed by atoms with Gasteiger partial charge in [-0.3, -0.25) is 5.10 Å². The highest BCUT2D eigenvalue weighted by Crippen LogP contribution is 2.28. The van der Waals surface area contributed by atoms with Gasteiger partial charge in [-0.1, -0.05) is 24.3 Å². The molecule has 0 amide bonds. The van der Waals surface area contributed by atoms with E-state index in [2.05, 4.69) is 51.4 Å². The molecule has 1 aromatic carbocycles. The second-order valence-electron chi connectivity index (χ2n) is 5.03. The normalized spacial score (nSPS) is 18.1. The minimum Gasteiger partial charge on any atom is -0.306 e. The first-order chi connectivity index (χ1) is 8.83. The molecule has 1 aliphatic heterocycles. The molecule has 18 heavy (non-hydrogen) atoms. The molecule has 1 saturated heterocycles. The molecule has 0 atom stereocenters. The third-order valence-electron chi connectivity index (χ3n) is 3.79. The number of hydrogen-bond donors (Lipinski definition) is 1. The molecule has 0 unspecified atom stereocenters. The monoisotopic (exact) mass is 242 g/mol. The van der Waals surface area contributed by atoms with Crippen molar-refractivity contribution in [3.63, 3.8) is 0 Å². The van der Waals surface area contributed by atoms with Crippen LogP contribution in [-0.2, 0) is 0 Å². The van der Waals surface area contributed by atoms with E-state index in [1.54, 1.807) is 6.33 Å². The molecule has 1 fully saturated rings. The van der Waals surface area contributed by atoms with E-state index in [-0.39, 0.29) is 0 Å². The third kappa shape index (κ3) is 2.29. The lowest BCUT2D eigenvalue weighted by molar-refractivity contribution is 0.255. The molecule has 94 valence electrons. The van der Waals surface area contributed by atoms with Crippen molar-refractivity contribution in [2.45, 2.75) is 18.8 Å². The van der Waals surface area contributed by atoms with Crippen LogP contribution in [0.3, 0.4) is 0 Å². The summed E-state index contributed by atoms with van der Waals surface area (Å²) in [4.78, 5) is 6.57. The molecule has 2 aromatic rings. The highest BCUT2D eigenvalue weighted by Gasteiger charge is 2.18. The molecule has 1 N–H and O–H groups in total. The summed E-state index contributed by atoms with van der Waals surface area (Å²) in [5, 5.41) is 6.77. The number of nitrogens with zero attached hydrogens (tertiary/aromatic N) is 3. The summed E-state index contributed by atoms with van der Waals surface area (Å²) < 4.78 is 0. The lowest BCUT2D eigenvalue weighted by Crippen LogP contribution is -2.29. The van der Waals surface area contributed by atoms with Gasteiger partial charge < -0.3 is 4.90 Å². The van der Waals surface area contributed by atoms with E-state index < -0.39 is 0 Å². The van der Waals surface area contributed by atoms with Crippen LogP contribution >= 0.6 is 0 Å². The van der Waals surface area contributed by atoms with Crippen LogP contribution in [0.1, 0.15) is 24.3 Å². The van der Waals surface area contributed by atoms with Crippen LogP contribution in [0, 0.1) is 0 Å². The second-order valence-corrected chi connectivity index (χ2v) is 5.03.